The number of nitrogens with zero attached hydrogens (tertiary/aromatic N) is 1. The summed E-state index contributed by atoms with van der Waals surface area (Å²) in [7, 11) is 0. The van der Waals surface area contributed by atoms with Crippen molar-refractivity contribution in [2.24, 2.45) is 5.73 Å². The summed E-state index contributed by atoms with van der Waals surface area (Å²) in [4.78, 5) is 12.5. The molecule has 0 aliphatic heterocycles. The summed E-state index contributed by atoms with van der Waals surface area (Å²) in [5, 5.41) is 9.17. The minimum atomic E-state index is -1.02. The molecule has 19 heavy (non-hydrogen) atoms. The third kappa shape index (κ3) is 4.52. The quantitative estimate of drug-likeness (QED) is 0.881. The van der Waals surface area contributed by atoms with E-state index >= 15 is 0 Å². The van der Waals surface area contributed by atoms with Crippen molar-refractivity contribution in [1.29, 1.82) is 0 Å². The fraction of sp³-hybridized carbons (Fsp3) is 0.500. The van der Waals surface area contributed by atoms with Crippen LogP contribution >= 0.6 is 0 Å². The van der Waals surface area contributed by atoms with Crippen LogP contribution in [-0.2, 0) is 6.42 Å². The second-order valence-electron chi connectivity index (χ2n) is 5.62. The zero-order valence-electron chi connectivity index (χ0n) is 11.6. The number of amides is 1. The molecule has 0 aliphatic rings. The van der Waals surface area contributed by atoms with Crippen molar-refractivity contribution >= 4 is 6.09 Å². The van der Waals surface area contributed by atoms with Gasteiger partial charge in [-0.05, 0) is 38.8 Å². The Balaban J connectivity index is 2.71. The van der Waals surface area contributed by atoms with E-state index in [1.807, 2.05) is 0 Å². The molecule has 4 nitrogen and oxygen atoms in total. The first-order valence-electron chi connectivity index (χ1n) is 6.21. The smallest absolute Gasteiger partial charge is 0.407 e. The summed E-state index contributed by atoms with van der Waals surface area (Å²) in [6.07, 6.45) is -0.705. The zero-order valence-corrected chi connectivity index (χ0v) is 11.6. The van der Waals surface area contributed by atoms with Gasteiger partial charge < -0.3 is 15.7 Å². The van der Waals surface area contributed by atoms with E-state index in [1.165, 1.54) is 11.0 Å². The summed E-state index contributed by atoms with van der Waals surface area (Å²) >= 11 is 0. The standard InChI is InChI=1S/C14H21FN2O2/c1-14(2,3)17(13(18)19)9-11(16)8-10-6-4-5-7-12(10)15/h4-7,11H,8-9,16H2,1-3H3,(H,18,19)/t11-/m1/s1. The number of nitrogens with two attached hydrogens (primary N) is 1. The Bertz CT molecular complexity index is 443. The lowest BCUT2D eigenvalue weighted by Crippen LogP contribution is -2.50. The lowest BCUT2D eigenvalue weighted by molar-refractivity contribution is 0.0959. The van der Waals surface area contributed by atoms with Gasteiger partial charge in [-0.3, -0.25) is 0 Å². The Morgan fingerprint density at radius 2 is 2.00 bits per heavy atom. The molecule has 0 heterocycles. The van der Waals surface area contributed by atoms with Crippen molar-refractivity contribution in [2.75, 3.05) is 6.54 Å². The van der Waals surface area contributed by atoms with Gasteiger partial charge in [0.2, 0.25) is 0 Å². The lowest BCUT2D eigenvalue weighted by atomic mass is 10.0. The molecular weight excluding hydrogens is 247 g/mol. The average molecular weight is 268 g/mol. The fourth-order valence-electron chi connectivity index (χ4n) is 1.88. The molecule has 106 valence electrons. The molecule has 1 aromatic rings. The molecular formula is C14H21FN2O2. The Morgan fingerprint density at radius 1 is 1.42 bits per heavy atom. The molecule has 5 heteroatoms. The van der Waals surface area contributed by atoms with Gasteiger partial charge in [0.05, 0.1) is 0 Å². The molecule has 0 spiro atoms. The summed E-state index contributed by atoms with van der Waals surface area (Å²) in [6.45, 7) is 5.58. The molecule has 3 N–H and O–H groups in total. The maximum absolute atomic E-state index is 13.5. The van der Waals surface area contributed by atoms with Crippen molar-refractivity contribution < 1.29 is 14.3 Å². The molecule has 0 aromatic heterocycles. The predicted molar refractivity (Wildman–Crippen MR) is 72.6 cm³/mol. The maximum Gasteiger partial charge on any atom is 0.407 e. The van der Waals surface area contributed by atoms with Crippen LogP contribution in [0, 0.1) is 5.82 Å². The third-order valence-corrected chi connectivity index (χ3v) is 2.90. The number of carboxylic acid groups (broad SMARTS) is 1. The molecule has 0 aliphatic carbocycles. The van der Waals surface area contributed by atoms with Crippen molar-refractivity contribution in [3.8, 4) is 0 Å². The van der Waals surface area contributed by atoms with Gasteiger partial charge in [0.1, 0.15) is 5.82 Å². The fourth-order valence-corrected chi connectivity index (χ4v) is 1.88. The highest BCUT2D eigenvalue weighted by Gasteiger charge is 2.27. The van der Waals surface area contributed by atoms with Gasteiger partial charge in [0.25, 0.3) is 0 Å². The second-order valence-corrected chi connectivity index (χ2v) is 5.62. The molecule has 0 radical (unpaired) electrons. The van der Waals surface area contributed by atoms with Crippen LogP contribution in [0.25, 0.3) is 0 Å². The van der Waals surface area contributed by atoms with E-state index < -0.39 is 17.7 Å². The second kappa shape index (κ2) is 6.02. The van der Waals surface area contributed by atoms with Gasteiger partial charge in [-0.15, -0.1) is 0 Å². The molecule has 1 atom stereocenters. The summed E-state index contributed by atoms with van der Waals surface area (Å²) < 4.78 is 13.5. The van der Waals surface area contributed by atoms with E-state index in [9.17, 15) is 14.3 Å². The van der Waals surface area contributed by atoms with Gasteiger partial charge in [0.15, 0.2) is 0 Å². The van der Waals surface area contributed by atoms with E-state index in [4.69, 9.17) is 5.73 Å². The van der Waals surface area contributed by atoms with Crippen LogP contribution in [0.1, 0.15) is 26.3 Å². The Hall–Kier alpha value is -1.62. The highest BCUT2D eigenvalue weighted by atomic mass is 19.1. The van der Waals surface area contributed by atoms with Crippen molar-refractivity contribution in [1.82, 2.24) is 4.90 Å². The van der Waals surface area contributed by atoms with Gasteiger partial charge in [-0.2, -0.15) is 0 Å². The van der Waals surface area contributed by atoms with Crippen LogP contribution in [0.4, 0.5) is 9.18 Å². The average Bonchev–Trinajstić information content (AvgIpc) is 2.27. The van der Waals surface area contributed by atoms with Crippen LogP contribution in [0.3, 0.4) is 0 Å². The Labute approximate surface area is 113 Å². The Morgan fingerprint density at radius 3 is 2.47 bits per heavy atom. The molecule has 1 rings (SSSR count). The topological polar surface area (TPSA) is 66.6 Å². The number of hydrogen-bond donors (Lipinski definition) is 2. The summed E-state index contributed by atoms with van der Waals surface area (Å²) in [6, 6.07) is 5.96. The zero-order chi connectivity index (χ0) is 14.6. The van der Waals surface area contributed by atoms with Crippen molar-refractivity contribution in [3.63, 3.8) is 0 Å². The van der Waals surface area contributed by atoms with Gasteiger partial charge in [-0.25, -0.2) is 9.18 Å². The van der Waals surface area contributed by atoms with Crippen molar-refractivity contribution in [3.05, 3.63) is 35.6 Å². The summed E-state index contributed by atoms with van der Waals surface area (Å²) in [5.74, 6) is -0.310. The van der Waals surface area contributed by atoms with Crippen molar-refractivity contribution in [2.45, 2.75) is 38.8 Å². The van der Waals surface area contributed by atoms with Crippen LogP contribution in [0.15, 0.2) is 24.3 Å². The number of benzene rings is 1. The van der Waals surface area contributed by atoms with Crippen LogP contribution in [-0.4, -0.2) is 34.2 Å². The molecule has 0 bridgehead atoms. The molecule has 0 unspecified atom stereocenters. The van der Waals surface area contributed by atoms with Crippen LogP contribution in [0.5, 0.6) is 0 Å². The highest BCUT2D eigenvalue weighted by molar-refractivity contribution is 5.66. The first-order valence-corrected chi connectivity index (χ1v) is 6.21. The SMILES string of the molecule is CC(C)(C)N(C[C@H](N)Cc1ccccc1F)C(=O)O. The Kier molecular flexibility index (Phi) is 4.89. The van der Waals surface area contributed by atoms with E-state index in [0.29, 0.717) is 12.0 Å². The third-order valence-electron chi connectivity index (χ3n) is 2.90. The monoisotopic (exact) mass is 268 g/mol. The number of rotatable bonds is 4. The van der Waals surface area contributed by atoms with E-state index in [0.717, 1.165) is 0 Å². The molecule has 1 aromatic carbocycles. The van der Waals surface area contributed by atoms with Gasteiger partial charge in [-0.1, -0.05) is 18.2 Å². The molecule has 0 saturated carbocycles. The first kappa shape index (κ1) is 15.4. The minimum absolute atomic E-state index is 0.174. The van der Waals surface area contributed by atoms with Gasteiger partial charge >= 0.3 is 6.09 Å². The first-order chi connectivity index (χ1) is 8.71. The lowest BCUT2D eigenvalue weighted by Gasteiger charge is -2.35. The largest absolute Gasteiger partial charge is 0.465 e. The molecule has 0 fully saturated rings. The molecule has 1 amide bonds. The number of halogens is 1. The van der Waals surface area contributed by atoms with Gasteiger partial charge in [0, 0.05) is 18.1 Å². The molecule has 0 saturated heterocycles. The summed E-state index contributed by atoms with van der Waals surface area (Å²) in [5.41, 5.74) is 5.92. The van der Waals surface area contributed by atoms with E-state index in [1.54, 1.807) is 39.0 Å². The number of hydrogen-bond acceptors (Lipinski definition) is 2. The van der Waals surface area contributed by atoms with Crippen LogP contribution < -0.4 is 5.73 Å². The van der Waals surface area contributed by atoms with E-state index in [2.05, 4.69) is 0 Å². The minimum Gasteiger partial charge on any atom is -0.465 e. The van der Waals surface area contributed by atoms with Crippen LogP contribution in [0.2, 0.25) is 0 Å². The highest BCUT2D eigenvalue weighted by Crippen LogP contribution is 2.15. The van der Waals surface area contributed by atoms with E-state index in [-0.39, 0.29) is 12.4 Å². The predicted octanol–water partition coefficient (Wildman–Crippen LogP) is 2.47. The maximum atomic E-state index is 13.5. The number of carbonyl (C=O) groups is 1. The normalized spacial score (nSPS) is 13.1.